The minimum atomic E-state index is 0.642. The summed E-state index contributed by atoms with van der Waals surface area (Å²) in [4.78, 5) is 11.3. The molecule has 0 aliphatic heterocycles. The van der Waals surface area contributed by atoms with E-state index in [1.165, 1.54) is 5.56 Å². The van der Waals surface area contributed by atoms with Crippen LogP contribution in [0.1, 0.15) is 5.56 Å². The van der Waals surface area contributed by atoms with Gasteiger partial charge in [0.25, 0.3) is 0 Å². The van der Waals surface area contributed by atoms with E-state index in [-0.39, 0.29) is 0 Å². The van der Waals surface area contributed by atoms with Crippen molar-refractivity contribution < 1.29 is 0 Å². The van der Waals surface area contributed by atoms with Gasteiger partial charge in [0, 0.05) is 26.0 Å². The van der Waals surface area contributed by atoms with Crippen LogP contribution in [0.3, 0.4) is 0 Å². The molecule has 0 aliphatic carbocycles. The molecule has 0 spiro atoms. The van der Waals surface area contributed by atoms with Crippen LogP contribution in [0, 0.1) is 0 Å². The number of hydrogen-bond acceptors (Lipinski definition) is 4. The monoisotopic (exact) mass is 278 g/mol. The van der Waals surface area contributed by atoms with Gasteiger partial charge in [-0.3, -0.25) is 0 Å². The van der Waals surface area contributed by atoms with Crippen LogP contribution in [0.5, 0.6) is 0 Å². The number of benzene rings is 2. The number of hydrogen-bond donors (Lipinski definition) is 1. The van der Waals surface area contributed by atoms with E-state index >= 15 is 0 Å². The quantitative estimate of drug-likeness (QED) is 0.795. The molecule has 1 N–H and O–H groups in total. The Labute approximate surface area is 124 Å². The summed E-state index contributed by atoms with van der Waals surface area (Å²) in [6.07, 6.45) is 0. The summed E-state index contributed by atoms with van der Waals surface area (Å²) in [6.45, 7) is 0.811. The Hall–Kier alpha value is -2.62. The van der Waals surface area contributed by atoms with E-state index < -0.39 is 0 Å². The summed E-state index contributed by atoms with van der Waals surface area (Å²) < 4.78 is 0. The number of fused-ring (bicyclic) bond motifs is 1. The summed E-state index contributed by atoms with van der Waals surface area (Å²) in [6, 6.07) is 18.5. The van der Waals surface area contributed by atoms with Crippen LogP contribution in [-0.2, 0) is 6.54 Å². The van der Waals surface area contributed by atoms with E-state index in [1.54, 1.807) is 0 Å². The lowest BCUT2D eigenvalue weighted by Crippen LogP contribution is -2.19. The van der Waals surface area contributed by atoms with Crippen molar-refractivity contribution in [3.63, 3.8) is 0 Å². The second-order valence-electron chi connectivity index (χ2n) is 4.98. The molecule has 0 amide bonds. The molecule has 106 valence electrons. The van der Waals surface area contributed by atoms with Gasteiger partial charge >= 0.3 is 0 Å². The Morgan fingerprint density at radius 3 is 2.43 bits per heavy atom. The van der Waals surface area contributed by atoms with E-state index in [4.69, 9.17) is 0 Å². The first kappa shape index (κ1) is 13.4. The molecule has 0 bridgehead atoms. The molecule has 0 saturated carbocycles. The smallest absolute Gasteiger partial charge is 0.224 e. The van der Waals surface area contributed by atoms with E-state index in [1.807, 2.05) is 31.3 Å². The maximum absolute atomic E-state index is 4.62. The van der Waals surface area contributed by atoms with Crippen LogP contribution in [0.15, 0.2) is 54.6 Å². The van der Waals surface area contributed by atoms with Gasteiger partial charge in [-0.15, -0.1) is 0 Å². The molecule has 0 fully saturated rings. The standard InChI is InChI=1S/C17H18N4/c1-18-17-19-15-11-7-6-10-14(15)16(20-17)21(2)12-13-8-4-3-5-9-13/h3-11H,12H2,1-2H3,(H,18,19,20). The highest BCUT2D eigenvalue weighted by Crippen LogP contribution is 2.25. The Kier molecular flexibility index (Phi) is 3.69. The van der Waals surface area contributed by atoms with Crippen LogP contribution in [0.25, 0.3) is 10.9 Å². The van der Waals surface area contributed by atoms with E-state index in [9.17, 15) is 0 Å². The maximum atomic E-state index is 4.62. The lowest BCUT2D eigenvalue weighted by molar-refractivity contribution is 0.901. The second-order valence-corrected chi connectivity index (χ2v) is 4.98. The number of anilines is 2. The Morgan fingerprint density at radius 1 is 0.952 bits per heavy atom. The first-order valence-electron chi connectivity index (χ1n) is 6.97. The highest BCUT2D eigenvalue weighted by Gasteiger charge is 2.11. The van der Waals surface area contributed by atoms with Crippen molar-refractivity contribution in [1.82, 2.24) is 9.97 Å². The van der Waals surface area contributed by atoms with Crippen LogP contribution >= 0.6 is 0 Å². The topological polar surface area (TPSA) is 41.1 Å². The number of nitrogens with one attached hydrogen (secondary N) is 1. The fourth-order valence-corrected chi connectivity index (χ4v) is 2.39. The Bertz CT molecular complexity index is 740. The van der Waals surface area contributed by atoms with E-state index in [2.05, 4.69) is 57.6 Å². The van der Waals surface area contributed by atoms with Crippen molar-refractivity contribution in [3.8, 4) is 0 Å². The zero-order chi connectivity index (χ0) is 14.7. The predicted molar refractivity (Wildman–Crippen MR) is 87.6 cm³/mol. The molecule has 1 heterocycles. The van der Waals surface area contributed by atoms with Crippen molar-refractivity contribution in [2.75, 3.05) is 24.3 Å². The fourth-order valence-electron chi connectivity index (χ4n) is 2.39. The van der Waals surface area contributed by atoms with Crippen LogP contribution < -0.4 is 10.2 Å². The third kappa shape index (κ3) is 2.79. The largest absolute Gasteiger partial charge is 0.357 e. The molecule has 4 nitrogen and oxygen atoms in total. The second kappa shape index (κ2) is 5.79. The zero-order valence-electron chi connectivity index (χ0n) is 12.2. The van der Waals surface area contributed by atoms with E-state index in [0.717, 1.165) is 23.3 Å². The third-order valence-corrected chi connectivity index (χ3v) is 3.43. The highest BCUT2D eigenvalue weighted by atomic mass is 15.2. The summed E-state index contributed by atoms with van der Waals surface area (Å²) in [5.74, 6) is 1.58. The average Bonchev–Trinajstić information content (AvgIpc) is 2.54. The molecule has 0 saturated heterocycles. The first-order valence-corrected chi connectivity index (χ1v) is 6.97. The molecule has 3 aromatic rings. The van der Waals surface area contributed by atoms with Gasteiger partial charge in [0.1, 0.15) is 5.82 Å². The summed E-state index contributed by atoms with van der Waals surface area (Å²) >= 11 is 0. The molecule has 0 unspecified atom stereocenters. The number of para-hydroxylation sites is 1. The van der Waals surface area contributed by atoms with Gasteiger partial charge in [0.05, 0.1) is 5.52 Å². The lowest BCUT2D eigenvalue weighted by atomic mass is 10.2. The summed E-state index contributed by atoms with van der Waals surface area (Å²) in [5, 5.41) is 4.09. The van der Waals surface area contributed by atoms with E-state index in [0.29, 0.717) is 5.95 Å². The van der Waals surface area contributed by atoms with Gasteiger partial charge in [0.15, 0.2) is 0 Å². The van der Waals surface area contributed by atoms with Gasteiger partial charge < -0.3 is 10.2 Å². The van der Waals surface area contributed by atoms with Crippen molar-refractivity contribution in [2.45, 2.75) is 6.54 Å². The maximum Gasteiger partial charge on any atom is 0.224 e. The highest BCUT2D eigenvalue weighted by molar-refractivity contribution is 5.90. The number of aromatic nitrogens is 2. The first-order chi connectivity index (χ1) is 10.3. The molecule has 0 aliphatic rings. The van der Waals surface area contributed by atoms with Gasteiger partial charge in [-0.25, -0.2) is 4.98 Å². The van der Waals surface area contributed by atoms with Gasteiger partial charge in [-0.05, 0) is 17.7 Å². The molecular formula is C17H18N4. The minimum absolute atomic E-state index is 0.642. The van der Waals surface area contributed by atoms with Gasteiger partial charge in [-0.2, -0.15) is 4.98 Å². The SMILES string of the molecule is CNc1nc(N(C)Cc2ccccc2)c2ccccc2n1. The molecule has 3 rings (SSSR count). The molecule has 0 atom stereocenters. The molecular weight excluding hydrogens is 260 g/mol. The van der Waals surface area contributed by atoms with Crippen molar-refractivity contribution in [1.29, 1.82) is 0 Å². The Balaban J connectivity index is 2.02. The molecule has 4 heteroatoms. The lowest BCUT2D eigenvalue weighted by Gasteiger charge is -2.20. The van der Waals surface area contributed by atoms with Crippen LogP contribution in [-0.4, -0.2) is 24.1 Å². The average molecular weight is 278 g/mol. The Morgan fingerprint density at radius 2 is 1.67 bits per heavy atom. The molecule has 21 heavy (non-hydrogen) atoms. The summed E-state index contributed by atoms with van der Waals surface area (Å²) in [5.41, 5.74) is 2.21. The zero-order valence-corrected chi connectivity index (χ0v) is 12.2. The van der Waals surface area contributed by atoms with Crippen LogP contribution in [0.2, 0.25) is 0 Å². The number of nitrogens with zero attached hydrogens (tertiary/aromatic N) is 3. The van der Waals surface area contributed by atoms with Crippen molar-refractivity contribution >= 4 is 22.7 Å². The molecule has 1 aromatic heterocycles. The fraction of sp³-hybridized carbons (Fsp3) is 0.176. The predicted octanol–water partition coefficient (Wildman–Crippen LogP) is 3.31. The van der Waals surface area contributed by atoms with Gasteiger partial charge in [0.2, 0.25) is 5.95 Å². The molecule has 0 radical (unpaired) electrons. The third-order valence-electron chi connectivity index (χ3n) is 3.43. The minimum Gasteiger partial charge on any atom is -0.357 e. The number of rotatable bonds is 4. The van der Waals surface area contributed by atoms with Gasteiger partial charge in [-0.1, -0.05) is 42.5 Å². The van der Waals surface area contributed by atoms with Crippen LogP contribution in [0.4, 0.5) is 11.8 Å². The normalized spacial score (nSPS) is 10.6. The van der Waals surface area contributed by atoms with Crippen molar-refractivity contribution in [2.24, 2.45) is 0 Å². The summed E-state index contributed by atoms with van der Waals surface area (Å²) in [7, 11) is 3.90. The molecule has 2 aromatic carbocycles. The van der Waals surface area contributed by atoms with Crippen molar-refractivity contribution in [3.05, 3.63) is 60.2 Å².